The van der Waals surface area contributed by atoms with Crippen molar-refractivity contribution in [1.82, 2.24) is 35.0 Å². The van der Waals surface area contributed by atoms with Crippen LogP contribution < -0.4 is 16.2 Å². The number of carbonyl (C=O) groups excluding carboxylic acids is 3. The first-order valence-corrected chi connectivity index (χ1v) is 25.9. The highest BCUT2D eigenvalue weighted by Gasteiger charge is 2.53. The van der Waals surface area contributed by atoms with E-state index in [0.717, 1.165) is 94.9 Å². The minimum Gasteiger partial charge on any atom is -0.391 e. The first kappa shape index (κ1) is 48.2. The smallest absolute Gasteiger partial charge is 0.281 e. The highest BCUT2D eigenvalue weighted by atomic mass is 79.9. The zero-order valence-electron chi connectivity index (χ0n) is 39.9. The number of aliphatic hydroxyl groups excluding tert-OH is 1. The molecule has 3 fully saturated rings. The molecule has 0 bridgehead atoms. The van der Waals surface area contributed by atoms with E-state index in [-0.39, 0.29) is 43.3 Å². The Morgan fingerprint density at radius 2 is 1.74 bits per heavy atom. The lowest BCUT2D eigenvalue weighted by Crippen LogP contribution is -2.59. The summed E-state index contributed by atoms with van der Waals surface area (Å²) in [6, 6.07) is 18.5. The molecule has 1 saturated carbocycles. The first-order chi connectivity index (χ1) is 32.3. The number of β-amino-alcohol motifs (C(OH)–C–C–N with tert-alkyl or cyclic N) is 1. The lowest BCUT2D eigenvalue weighted by Gasteiger charge is -2.36. The summed E-state index contributed by atoms with van der Waals surface area (Å²) in [7, 11) is 0. The van der Waals surface area contributed by atoms with Crippen molar-refractivity contribution in [1.29, 1.82) is 0 Å². The summed E-state index contributed by atoms with van der Waals surface area (Å²) in [6.07, 6.45) is 5.08. The van der Waals surface area contributed by atoms with Gasteiger partial charge in [-0.25, -0.2) is 9.37 Å². The summed E-state index contributed by atoms with van der Waals surface area (Å²) in [6.45, 7) is 14.7. The van der Waals surface area contributed by atoms with Gasteiger partial charge in [0.2, 0.25) is 11.8 Å². The number of amides is 3. The first-order valence-electron chi connectivity index (χ1n) is 24.2. The summed E-state index contributed by atoms with van der Waals surface area (Å²) in [5.41, 5.74) is 5.93. The van der Waals surface area contributed by atoms with E-state index in [9.17, 15) is 28.7 Å². The molecule has 3 amide bonds. The van der Waals surface area contributed by atoms with Crippen molar-refractivity contribution in [2.45, 2.75) is 141 Å². The van der Waals surface area contributed by atoms with Crippen molar-refractivity contribution < 1.29 is 23.9 Å². The van der Waals surface area contributed by atoms with E-state index >= 15 is 0 Å². The van der Waals surface area contributed by atoms with Gasteiger partial charge in [-0.15, -0.1) is 11.3 Å². The predicted molar refractivity (Wildman–Crippen MR) is 268 cm³/mol. The lowest BCUT2D eigenvalue weighted by atomic mass is 9.81. The monoisotopic (exact) mass is 1010 g/mol. The van der Waals surface area contributed by atoms with Crippen molar-refractivity contribution in [3.8, 4) is 16.1 Å². The lowest BCUT2D eigenvalue weighted by molar-refractivity contribution is -0.145. The van der Waals surface area contributed by atoms with E-state index < -0.39 is 46.5 Å². The number of benzene rings is 3. The molecule has 2 aromatic heterocycles. The van der Waals surface area contributed by atoms with Gasteiger partial charge < -0.3 is 25.5 Å². The fourth-order valence-corrected chi connectivity index (χ4v) is 12.0. The van der Waals surface area contributed by atoms with Crippen molar-refractivity contribution in [3.63, 3.8) is 0 Å². The number of carbonyl (C=O) groups is 3. The number of alkyl halides is 1. The topological polar surface area (TPSA) is 150 Å². The molecule has 5 heterocycles. The second-order valence-corrected chi connectivity index (χ2v) is 22.9. The van der Waals surface area contributed by atoms with Gasteiger partial charge in [0, 0.05) is 17.4 Å². The summed E-state index contributed by atoms with van der Waals surface area (Å²) >= 11 is 5.16. The summed E-state index contributed by atoms with van der Waals surface area (Å²) in [4.78, 5) is 68.5. The van der Waals surface area contributed by atoms with Gasteiger partial charge in [0.05, 0.1) is 50.2 Å². The molecule has 1 aliphatic carbocycles. The highest BCUT2D eigenvalue weighted by molar-refractivity contribution is 9.10. The van der Waals surface area contributed by atoms with Crippen LogP contribution in [-0.4, -0.2) is 97.2 Å². The average Bonchev–Trinajstić information content (AvgIpc) is 3.60. The summed E-state index contributed by atoms with van der Waals surface area (Å²) in [5.74, 6) is -0.449. The number of fused-ring (bicyclic) bond motifs is 5. The molecule has 15 heteroatoms. The molecule has 2 saturated heterocycles. The maximum absolute atomic E-state index is 14.8. The number of rotatable bonds is 14. The van der Waals surface area contributed by atoms with Crippen molar-refractivity contribution in [2.24, 2.45) is 5.41 Å². The number of aryl methyl sites for hydroxylation is 1. The standard InChI is InChI=1S/C53H63BrFN7O5S/c1-31-44(68-30-56-31)34-16-14-33(15-17-34)39(57-46(64)42-28-36(63)29-61(42)48(66)45(51(2,3)4)58-50(67)53(55)22-23-53)12-8-7-9-24-60-25-20-32(21-26-60)35-18-19-40-37(27-35)52(5,6)49-59-47(65)43-38(54)11-10-13-41(43)62(40)49/h10-11,13-19,27,30,32,36,39,42,45,63H,7-9,12,20-26,28-29H2,1-6H3,(H,57,64)(H,58,67)/t36-,39+,42?,45-/m1/s1. The molecule has 0 radical (unpaired) electrons. The van der Waals surface area contributed by atoms with Crippen LogP contribution >= 0.6 is 27.3 Å². The van der Waals surface area contributed by atoms with Crippen LogP contribution in [0.25, 0.3) is 27.0 Å². The molecule has 5 aromatic rings. The number of piperidine rings is 1. The number of nitrogens with zero attached hydrogens (tertiary/aromatic N) is 5. The Balaban J connectivity index is 0.825. The molecule has 1 unspecified atom stereocenters. The van der Waals surface area contributed by atoms with Gasteiger partial charge in [0.15, 0.2) is 5.67 Å². The summed E-state index contributed by atoms with van der Waals surface area (Å²) in [5, 5.41) is 17.4. The van der Waals surface area contributed by atoms with Gasteiger partial charge in [-0.3, -0.25) is 23.7 Å². The number of aliphatic hydroxyl groups is 1. The number of halogens is 2. The number of likely N-dealkylation sites (tertiary alicyclic amines) is 2. The van der Waals surface area contributed by atoms with Crippen LogP contribution in [0.2, 0.25) is 0 Å². The number of hydrogen-bond acceptors (Lipinski definition) is 9. The molecule has 68 heavy (non-hydrogen) atoms. The van der Waals surface area contributed by atoms with Crippen LogP contribution in [-0.2, 0) is 19.8 Å². The summed E-state index contributed by atoms with van der Waals surface area (Å²) < 4.78 is 17.7. The van der Waals surface area contributed by atoms with E-state index in [4.69, 9.17) is 0 Å². The Labute approximate surface area is 410 Å². The SMILES string of the molecule is Cc1ncsc1-c1ccc([C@H](CCCCCN2CCC(c3ccc4c(c3)C(C)(C)c3nc(=O)c5c(Br)cccc5n3-4)CC2)NC(=O)C2C[C@@H](O)CN2C(=O)[C@@H](NC(=O)C2(F)CC2)C(C)(C)C)cc1. The molecule has 3 aliphatic heterocycles. The van der Waals surface area contributed by atoms with E-state index in [1.165, 1.54) is 16.0 Å². The normalized spacial score (nSPS) is 20.8. The van der Waals surface area contributed by atoms with Crippen LogP contribution in [0, 0.1) is 12.3 Å². The van der Waals surface area contributed by atoms with Crippen molar-refractivity contribution in [3.05, 3.63) is 109 Å². The van der Waals surface area contributed by atoms with Crippen LogP contribution in [0.3, 0.4) is 0 Å². The third-order valence-corrected chi connectivity index (χ3v) is 16.5. The van der Waals surface area contributed by atoms with E-state index in [1.807, 2.05) is 42.8 Å². The predicted octanol–water partition coefficient (Wildman–Crippen LogP) is 8.81. The molecular formula is C53H63BrFN7O5S. The van der Waals surface area contributed by atoms with Crippen LogP contribution in [0.5, 0.6) is 0 Å². The number of unbranched alkanes of at least 4 members (excludes halogenated alkanes) is 2. The second kappa shape index (κ2) is 18.8. The molecule has 3 aromatic carbocycles. The molecule has 0 spiro atoms. The Morgan fingerprint density at radius 1 is 1.00 bits per heavy atom. The third-order valence-electron chi connectivity index (χ3n) is 14.9. The molecule has 9 rings (SSSR count). The van der Waals surface area contributed by atoms with E-state index in [1.54, 1.807) is 32.1 Å². The van der Waals surface area contributed by atoms with Crippen LogP contribution in [0.4, 0.5) is 4.39 Å². The fraction of sp³-hybridized carbons (Fsp3) is 0.509. The zero-order chi connectivity index (χ0) is 48.3. The number of nitrogens with one attached hydrogen (secondary N) is 2. The van der Waals surface area contributed by atoms with E-state index in [2.05, 4.69) is 90.2 Å². The fourth-order valence-electron chi connectivity index (χ4n) is 10.6. The zero-order valence-corrected chi connectivity index (χ0v) is 42.3. The maximum Gasteiger partial charge on any atom is 0.281 e. The quantitative estimate of drug-likeness (QED) is 0.0936. The maximum atomic E-state index is 14.8. The minimum absolute atomic E-state index is 0.0532. The molecule has 360 valence electrons. The minimum atomic E-state index is -1.96. The van der Waals surface area contributed by atoms with E-state index in [0.29, 0.717) is 17.7 Å². The van der Waals surface area contributed by atoms with Crippen molar-refractivity contribution in [2.75, 3.05) is 26.2 Å². The van der Waals surface area contributed by atoms with Crippen molar-refractivity contribution >= 4 is 55.9 Å². The number of aromatic nitrogens is 3. The molecular weight excluding hydrogens is 946 g/mol. The Bertz CT molecular complexity index is 2790. The molecule has 4 atom stereocenters. The highest BCUT2D eigenvalue weighted by Crippen LogP contribution is 2.45. The average molecular weight is 1010 g/mol. The molecule has 3 N–H and O–H groups in total. The molecule has 4 aliphatic rings. The van der Waals surface area contributed by atoms with Crippen LogP contribution in [0.15, 0.2) is 75.4 Å². The number of hydrogen-bond donors (Lipinski definition) is 3. The van der Waals surface area contributed by atoms with Gasteiger partial charge in [0.1, 0.15) is 17.9 Å². The molecule has 12 nitrogen and oxygen atoms in total. The third kappa shape index (κ3) is 9.44. The Hall–Kier alpha value is -4.83. The second-order valence-electron chi connectivity index (χ2n) is 21.2. The van der Waals surface area contributed by atoms with Crippen LogP contribution in [0.1, 0.15) is 133 Å². The number of thiazole rings is 1. The van der Waals surface area contributed by atoms with Gasteiger partial charge in [-0.05, 0) is 147 Å². The van der Waals surface area contributed by atoms with Gasteiger partial charge in [-0.2, -0.15) is 4.98 Å². The van der Waals surface area contributed by atoms with Gasteiger partial charge in [-0.1, -0.05) is 76.1 Å². The Morgan fingerprint density at radius 3 is 2.41 bits per heavy atom. The Kier molecular flexibility index (Phi) is 13.3. The van der Waals surface area contributed by atoms with Gasteiger partial charge >= 0.3 is 0 Å². The largest absolute Gasteiger partial charge is 0.391 e. The van der Waals surface area contributed by atoms with Gasteiger partial charge in [0.25, 0.3) is 11.5 Å².